The average molecular weight is 279 g/mol. The Morgan fingerprint density at radius 2 is 1.53 bits per heavy atom. The third-order valence-electron chi connectivity index (χ3n) is 2.67. The molecule has 78 valence electrons. The van der Waals surface area contributed by atoms with E-state index < -0.39 is 8.07 Å². The summed E-state index contributed by atoms with van der Waals surface area (Å²) in [5.41, 5.74) is 0. The highest BCUT2D eigenvalue weighted by Crippen LogP contribution is 2.19. The van der Waals surface area contributed by atoms with Gasteiger partial charge in [0.15, 0.2) is 0 Å². The minimum absolute atomic E-state index is 1.16. The minimum atomic E-state index is -1.18. The predicted molar refractivity (Wildman–Crippen MR) is 74.6 cm³/mol. The van der Waals surface area contributed by atoms with Crippen LogP contribution in [0.3, 0.4) is 0 Å². The van der Waals surface area contributed by atoms with Crippen molar-refractivity contribution in [2.24, 2.45) is 0 Å². The van der Waals surface area contributed by atoms with E-state index in [1.165, 1.54) is 16.0 Å². The van der Waals surface area contributed by atoms with Gasteiger partial charge in [-0.05, 0) is 22.9 Å². The molecule has 0 unspecified atom stereocenters. The molecule has 0 N–H and O–H groups in total. The molecule has 0 heterocycles. The second-order valence-corrected chi connectivity index (χ2v) is 10.9. The highest BCUT2D eigenvalue weighted by molar-refractivity contribution is 9.10. The van der Waals surface area contributed by atoms with Crippen molar-refractivity contribution in [3.63, 3.8) is 0 Å². The van der Waals surface area contributed by atoms with Crippen LogP contribution >= 0.6 is 15.9 Å². The van der Waals surface area contributed by atoms with Crippen molar-refractivity contribution in [3.8, 4) is 0 Å². The fourth-order valence-corrected chi connectivity index (χ4v) is 3.23. The SMILES string of the molecule is C[Si](C)(C)c1ccc2ccc(Br)cc2c1. The second kappa shape index (κ2) is 3.76. The molecule has 0 nitrogen and oxygen atoms in total. The first-order valence-electron chi connectivity index (χ1n) is 5.17. The summed E-state index contributed by atoms with van der Waals surface area (Å²) < 4.78 is 1.16. The lowest BCUT2D eigenvalue weighted by Gasteiger charge is -2.17. The van der Waals surface area contributed by atoms with Crippen LogP contribution in [-0.2, 0) is 0 Å². The molecule has 2 aromatic rings. The van der Waals surface area contributed by atoms with Gasteiger partial charge in [0.2, 0.25) is 0 Å². The van der Waals surface area contributed by atoms with E-state index in [-0.39, 0.29) is 0 Å². The number of fused-ring (bicyclic) bond motifs is 1. The number of hydrogen-bond donors (Lipinski definition) is 0. The summed E-state index contributed by atoms with van der Waals surface area (Å²) in [6.45, 7) is 7.14. The van der Waals surface area contributed by atoms with Gasteiger partial charge in [-0.15, -0.1) is 0 Å². The molecule has 0 aliphatic rings. The number of rotatable bonds is 1. The standard InChI is InChI=1S/C13H15BrSi/c1-15(2,3)13-7-5-10-4-6-12(14)8-11(10)9-13/h4-9H,1-3H3. The third kappa shape index (κ3) is 2.32. The lowest BCUT2D eigenvalue weighted by molar-refractivity contribution is 1.68. The third-order valence-corrected chi connectivity index (χ3v) is 5.20. The van der Waals surface area contributed by atoms with Gasteiger partial charge >= 0.3 is 0 Å². The molecular formula is C13H15BrSi. The van der Waals surface area contributed by atoms with Crippen molar-refractivity contribution < 1.29 is 0 Å². The Balaban J connectivity index is 2.64. The maximum atomic E-state index is 3.52. The van der Waals surface area contributed by atoms with Crippen LogP contribution in [0, 0.1) is 0 Å². The van der Waals surface area contributed by atoms with E-state index in [0.29, 0.717) is 0 Å². The van der Waals surface area contributed by atoms with Gasteiger partial charge in [-0.3, -0.25) is 0 Å². The fraction of sp³-hybridized carbons (Fsp3) is 0.231. The van der Waals surface area contributed by atoms with Crippen LogP contribution in [0.5, 0.6) is 0 Å². The summed E-state index contributed by atoms with van der Waals surface area (Å²) >= 11 is 3.52. The molecule has 0 aromatic heterocycles. The Morgan fingerprint density at radius 1 is 0.867 bits per heavy atom. The smallest absolute Gasteiger partial charge is 0.0656 e. The zero-order valence-corrected chi connectivity index (χ0v) is 11.9. The van der Waals surface area contributed by atoms with E-state index >= 15 is 0 Å². The lowest BCUT2D eigenvalue weighted by Crippen LogP contribution is -2.37. The Labute approximate surface area is 100 Å². The molecule has 15 heavy (non-hydrogen) atoms. The summed E-state index contributed by atoms with van der Waals surface area (Å²) in [5, 5.41) is 4.18. The van der Waals surface area contributed by atoms with Crippen molar-refractivity contribution in [3.05, 3.63) is 40.9 Å². The second-order valence-electron chi connectivity index (χ2n) is 4.96. The van der Waals surface area contributed by atoms with Gasteiger partial charge in [-0.2, -0.15) is 0 Å². The molecule has 0 fully saturated rings. The van der Waals surface area contributed by atoms with Crippen LogP contribution in [0.15, 0.2) is 40.9 Å². The highest BCUT2D eigenvalue weighted by atomic mass is 79.9. The van der Waals surface area contributed by atoms with Crippen molar-refractivity contribution in [2.45, 2.75) is 19.6 Å². The zero-order valence-electron chi connectivity index (χ0n) is 9.34. The largest absolute Gasteiger partial charge is 0.0776 e. The molecule has 0 saturated carbocycles. The summed E-state index contributed by atoms with van der Waals surface area (Å²) in [5.74, 6) is 0. The maximum Gasteiger partial charge on any atom is 0.0776 e. The van der Waals surface area contributed by atoms with Crippen molar-refractivity contribution in [2.75, 3.05) is 0 Å². The highest BCUT2D eigenvalue weighted by Gasteiger charge is 2.16. The van der Waals surface area contributed by atoms with E-state index in [1.807, 2.05) is 0 Å². The van der Waals surface area contributed by atoms with Gasteiger partial charge in [0, 0.05) is 4.47 Å². The Kier molecular flexibility index (Phi) is 2.73. The van der Waals surface area contributed by atoms with Gasteiger partial charge in [0.05, 0.1) is 8.07 Å². The molecule has 0 radical (unpaired) electrons. The van der Waals surface area contributed by atoms with Crippen LogP contribution in [0.2, 0.25) is 19.6 Å². The van der Waals surface area contributed by atoms with E-state index in [2.05, 4.69) is 72.0 Å². The molecule has 0 spiro atoms. The lowest BCUT2D eigenvalue weighted by atomic mass is 10.1. The van der Waals surface area contributed by atoms with E-state index in [0.717, 1.165) is 4.47 Å². The van der Waals surface area contributed by atoms with Crippen LogP contribution in [-0.4, -0.2) is 8.07 Å². The topological polar surface area (TPSA) is 0 Å². The molecule has 0 bridgehead atoms. The molecular weight excluding hydrogens is 264 g/mol. The Morgan fingerprint density at radius 3 is 2.20 bits per heavy atom. The first-order valence-corrected chi connectivity index (χ1v) is 9.46. The average Bonchev–Trinajstić information content (AvgIpc) is 2.15. The van der Waals surface area contributed by atoms with Gasteiger partial charge in [-0.1, -0.05) is 65.0 Å². The van der Waals surface area contributed by atoms with E-state index in [9.17, 15) is 0 Å². The van der Waals surface area contributed by atoms with Crippen LogP contribution < -0.4 is 5.19 Å². The normalized spacial score (nSPS) is 12.0. The molecule has 2 rings (SSSR count). The predicted octanol–water partition coefficient (Wildman–Crippen LogP) is 4.15. The van der Waals surface area contributed by atoms with Gasteiger partial charge in [0.1, 0.15) is 0 Å². The molecule has 0 saturated heterocycles. The summed E-state index contributed by atoms with van der Waals surface area (Å²) in [6.07, 6.45) is 0. The van der Waals surface area contributed by atoms with Crippen LogP contribution in [0.1, 0.15) is 0 Å². The van der Waals surface area contributed by atoms with Crippen molar-refractivity contribution in [1.82, 2.24) is 0 Å². The van der Waals surface area contributed by atoms with Crippen LogP contribution in [0.4, 0.5) is 0 Å². The molecule has 2 aromatic carbocycles. The van der Waals surface area contributed by atoms with Crippen molar-refractivity contribution >= 4 is 40.0 Å². The first-order chi connectivity index (χ1) is 6.97. The van der Waals surface area contributed by atoms with Crippen LogP contribution in [0.25, 0.3) is 10.8 Å². The minimum Gasteiger partial charge on any atom is -0.0656 e. The quantitative estimate of drug-likeness (QED) is 0.688. The Bertz CT molecular complexity index is 497. The Hall–Kier alpha value is -0.603. The fourth-order valence-electron chi connectivity index (χ4n) is 1.68. The van der Waals surface area contributed by atoms with E-state index in [1.54, 1.807) is 0 Å². The molecule has 0 atom stereocenters. The summed E-state index contributed by atoms with van der Waals surface area (Å²) in [6, 6.07) is 13.3. The van der Waals surface area contributed by atoms with Gasteiger partial charge in [0.25, 0.3) is 0 Å². The molecule has 0 aliphatic heterocycles. The first kappa shape index (κ1) is 10.9. The van der Waals surface area contributed by atoms with E-state index in [4.69, 9.17) is 0 Å². The van der Waals surface area contributed by atoms with Gasteiger partial charge in [-0.25, -0.2) is 0 Å². The van der Waals surface area contributed by atoms with Gasteiger partial charge < -0.3 is 0 Å². The number of halogens is 1. The maximum absolute atomic E-state index is 3.52. The molecule has 0 amide bonds. The summed E-state index contributed by atoms with van der Waals surface area (Å²) in [4.78, 5) is 0. The number of hydrogen-bond acceptors (Lipinski definition) is 0. The molecule has 2 heteroatoms. The summed E-state index contributed by atoms with van der Waals surface area (Å²) in [7, 11) is -1.18. The monoisotopic (exact) mass is 278 g/mol. The van der Waals surface area contributed by atoms with Crippen molar-refractivity contribution in [1.29, 1.82) is 0 Å². The zero-order chi connectivity index (χ0) is 11.1. The molecule has 0 aliphatic carbocycles. The number of benzene rings is 2.